The predicted molar refractivity (Wildman–Crippen MR) is 112 cm³/mol. The fraction of sp³-hybridized carbons (Fsp3) is 0.364. The minimum atomic E-state index is -0.0569. The van der Waals surface area contributed by atoms with E-state index >= 15 is 0 Å². The summed E-state index contributed by atoms with van der Waals surface area (Å²) in [6, 6.07) is 10.2. The molecule has 28 heavy (non-hydrogen) atoms. The second kappa shape index (κ2) is 9.54. The van der Waals surface area contributed by atoms with Gasteiger partial charge in [-0.15, -0.1) is 11.3 Å². The Kier molecular flexibility index (Phi) is 6.85. The van der Waals surface area contributed by atoms with Crippen LogP contribution in [-0.4, -0.2) is 26.1 Å². The molecule has 0 spiro atoms. The zero-order valence-electron chi connectivity index (χ0n) is 16.2. The molecule has 1 heterocycles. The first kappa shape index (κ1) is 20.1. The van der Waals surface area contributed by atoms with E-state index in [-0.39, 0.29) is 5.91 Å². The molecule has 1 unspecified atom stereocenters. The second-order valence-electron chi connectivity index (χ2n) is 7.13. The van der Waals surface area contributed by atoms with Gasteiger partial charge in [0.1, 0.15) is 30.0 Å². The standard InChI is InChI=1S/C22H25N3O2S/c1-3-12-27-17-10-8-16(9-11-17)14-25(2)15-21(26)24-22-19(13-23)18-6-4-5-7-20(18)28-22/h3,8-11H,1,4-7,12,14-15H2,2H3,(H,24,26)/p+1. The van der Waals surface area contributed by atoms with Crippen LogP contribution in [0.4, 0.5) is 5.00 Å². The Balaban J connectivity index is 1.55. The lowest BCUT2D eigenvalue weighted by Gasteiger charge is -2.14. The van der Waals surface area contributed by atoms with Gasteiger partial charge in [-0.2, -0.15) is 5.26 Å². The molecule has 1 aromatic carbocycles. The Morgan fingerprint density at radius 2 is 2.11 bits per heavy atom. The summed E-state index contributed by atoms with van der Waals surface area (Å²) in [5.74, 6) is 0.753. The molecular formula is C22H26N3O2S+. The number of hydrogen-bond acceptors (Lipinski definition) is 4. The highest BCUT2D eigenvalue weighted by Crippen LogP contribution is 2.37. The smallest absolute Gasteiger partial charge is 0.280 e. The SMILES string of the molecule is C=CCOc1ccc(C[NH+](C)CC(=O)Nc2sc3c(c2C#N)CCCC3)cc1. The summed E-state index contributed by atoms with van der Waals surface area (Å²) in [4.78, 5) is 14.8. The van der Waals surface area contributed by atoms with E-state index in [2.05, 4.69) is 18.0 Å². The summed E-state index contributed by atoms with van der Waals surface area (Å²) < 4.78 is 5.49. The average molecular weight is 397 g/mol. The van der Waals surface area contributed by atoms with Crippen LogP contribution in [0.2, 0.25) is 0 Å². The molecular weight excluding hydrogens is 370 g/mol. The van der Waals surface area contributed by atoms with Crippen molar-refractivity contribution < 1.29 is 14.4 Å². The third-order valence-corrected chi connectivity index (χ3v) is 6.00. The quantitative estimate of drug-likeness (QED) is 0.674. The Labute approximate surface area is 170 Å². The van der Waals surface area contributed by atoms with Crippen LogP contribution in [0.5, 0.6) is 5.75 Å². The maximum Gasteiger partial charge on any atom is 0.280 e. The van der Waals surface area contributed by atoms with Crippen molar-refractivity contribution in [3.8, 4) is 11.8 Å². The number of nitrogens with one attached hydrogen (secondary N) is 2. The fourth-order valence-corrected chi connectivity index (χ4v) is 4.74. The number of carbonyl (C=O) groups is 1. The van der Waals surface area contributed by atoms with E-state index in [1.54, 1.807) is 17.4 Å². The third-order valence-electron chi connectivity index (χ3n) is 4.80. The van der Waals surface area contributed by atoms with Crippen molar-refractivity contribution >= 4 is 22.2 Å². The summed E-state index contributed by atoms with van der Waals surface area (Å²) in [5.41, 5.74) is 2.95. The first-order valence-corrected chi connectivity index (χ1v) is 10.4. The first-order valence-electron chi connectivity index (χ1n) is 9.59. The molecule has 0 aliphatic heterocycles. The van der Waals surface area contributed by atoms with E-state index in [1.165, 1.54) is 4.88 Å². The summed E-state index contributed by atoms with van der Waals surface area (Å²) in [6.45, 7) is 5.21. The molecule has 0 radical (unpaired) electrons. The molecule has 0 saturated carbocycles. The molecule has 6 heteroatoms. The number of anilines is 1. The molecule has 5 nitrogen and oxygen atoms in total. The summed E-state index contributed by atoms with van der Waals surface area (Å²) in [6.07, 6.45) is 5.96. The van der Waals surface area contributed by atoms with Gasteiger partial charge < -0.3 is 15.0 Å². The Bertz CT molecular complexity index is 880. The molecule has 3 rings (SSSR count). The number of likely N-dealkylation sites (N-methyl/N-ethyl adjacent to an activating group) is 1. The highest BCUT2D eigenvalue weighted by Gasteiger charge is 2.22. The van der Waals surface area contributed by atoms with Gasteiger partial charge in [0, 0.05) is 10.4 Å². The van der Waals surface area contributed by atoms with Gasteiger partial charge in [-0.3, -0.25) is 4.79 Å². The molecule has 1 aromatic heterocycles. The number of carbonyl (C=O) groups excluding carboxylic acids is 1. The van der Waals surface area contributed by atoms with Crippen LogP contribution in [-0.2, 0) is 24.2 Å². The lowest BCUT2D eigenvalue weighted by molar-refractivity contribution is -0.885. The second-order valence-corrected chi connectivity index (χ2v) is 8.23. The number of hydrogen-bond donors (Lipinski definition) is 2. The topological polar surface area (TPSA) is 66.6 Å². The molecule has 0 fully saturated rings. The minimum absolute atomic E-state index is 0.0569. The van der Waals surface area contributed by atoms with Crippen LogP contribution in [0.1, 0.15) is 34.4 Å². The van der Waals surface area contributed by atoms with E-state index in [0.717, 1.165) is 59.0 Å². The monoisotopic (exact) mass is 396 g/mol. The number of nitriles is 1. The van der Waals surface area contributed by atoms with Crippen molar-refractivity contribution in [2.75, 3.05) is 25.5 Å². The van der Waals surface area contributed by atoms with Crippen LogP contribution < -0.4 is 15.0 Å². The summed E-state index contributed by atoms with van der Waals surface area (Å²) in [5, 5.41) is 13.2. The third kappa shape index (κ3) is 5.00. The highest BCUT2D eigenvalue weighted by atomic mass is 32.1. The highest BCUT2D eigenvalue weighted by molar-refractivity contribution is 7.16. The van der Waals surface area contributed by atoms with Gasteiger partial charge in [-0.1, -0.05) is 12.7 Å². The number of nitrogens with zero attached hydrogens (tertiary/aromatic N) is 1. The van der Waals surface area contributed by atoms with Gasteiger partial charge in [0.05, 0.1) is 12.6 Å². The zero-order valence-corrected chi connectivity index (χ0v) is 17.0. The van der Waals surface area contributed by atoms with E-state index in [4.69, 9.17) is 4.74 Å². The van der Waals surface area contributed by atoms with E-state index < -0.39 is 0 Å². The number of fused-ring (bicyclic) bond motifs is 1. The number of quaternary nitrogens is 1. The molecule has 1 aliphatic rings. The number of amides is 1. The van der Waals surface area contributed by atoms with Crippen LogP contribution in [0.3, 0.4) is 0 Å². The van der Waals surface area contributed by atoms with Crippen molar-refractivity contribution in [3.05, 3.63) is 58.5 Å². The van der Waals surface area contributed by atoms with Crippen molar-refractivity contribution in [2.24, 2.45) is 0 Å². The number of ether oxygens (including phenoxy) is 1. The maximum atomic E-state index is 12.5. The lowest BCUT2D eigenvalue weighted by Crippen LogP contribution is -3.08. The average Bonchev–Trinajstić information content (AvgIpc) is 3.04. The minimum Gasteiger partial charge on any atom is -0.490 e. The van der Waals surface area contributed by atoms with Crippen molar-refractivity contribution in [1.29, 1.82) is 5.26 Å². The van der Waals surface area contributed by atoms with E-state index in [0.29, 0.717) is 18.7 Å². The van der Waals surface area contributed by atoms with E-state index in [1.807, 2.05) is 31.3 Å². The summed E-state index contributed by atoms with van der Waals surface area (Å²) >= 11 is 1.57. The molecule has 0 saturated heterocycles. The molecule has 0 bridgehead atoms. The first-order chi connectivity index (χ1) is 13.6. The number of thiophene rings is 1. The van der Waals surface area contributed by atoms with Gasteiger partial charge in [-0.25, -0.2) is 0 Å². The van der Waals surface area contributed by atoms with Gasteiger partial charge in [0.25, 0.3) is 5.91 Å². The maximum absolute atomic E-state index is 12.5. The Morgan fingerprint density at radius 3 is 2.82 bits per heavy atom. The van der Waals surface area contributed by atoms with Crippen molar-refractivity contribution in [3.63, 3.8) is 0 Å². The predicted octanol–water partition coefficient (Wildman–Crippen LogP) is 2.72. The van der Waals surface area contributed by atoms with Crippen molar-refractivity contribution in [1.82, 2.24) is 0 Å². The molecule has 1 atom stereocenters. The number of aryl methyl sites for hydroxylation is 1. The Hall–Kier alpha value is -2.62. The molecule has 1 aliphatic carbocycles. The normalized spacial score (nSPS) is 13.9. The lowest BCUT2D eigenvalue weighted by atomic mass is 9.96. The zero-order chi connectivity index (χ0) is 19.9. The largest absolute Gasteiger partial charge is 0.490 e. The van der Waals surface area contributed by atoms with Crippen LogP contribution >= 0.6 is 11.3 Å². The molecule has 2 aromatic rings. The van der Waals surface area contributed by atoms with Gasteiger partial charge in [0.15, 0.2) is 6.54 Å². The molecule has 2 N–H and O–H groups in total. The molecule has 146 valence electrons. The fourth-order valence-electron chi connectivity index (χ4n) is 3.49. The van der Waals surface area contributed by atoms with Crippen LogP contribution in [0.15, 0.2) is 36.9 Å². The van der Waals surface area contributed by atoms with Gasteiger partial charge >= 0.3 is 0 Å². The Morgan fingerprint density at radius 1 is 1.36 bits per heavy atom. The number of rotatable bonds is 8. The van der Waals surface area contributed by atoms with E-state index in [9.17, 15) is 10.1 Å². The van der Waals surface area contributed by atoms with Crippen molar-refractivity contribution in [2.45, 2.75) is 32.2 Å². The van der Waals surface area contributed by atoms with Crippen LogP contribution in [0, 0.1) is 11.3 Å². The van der Waals surface area contributed by atoms with Gasteiger partial charge in [-0.05, 0) is 55.5 Å². The molecule has 1 amide bonds. The van der Waals surface area contributed by atoms with Gasteiger partial charge in [0.2, 0.25) is 0 Å². The summed E-state index contributed by atoms with van der Waals surface area (Å²) in [7, 11) is 1.99. The number of benzene rings is 1. The van der Waals surface area contributed by atoms with Crippen LogP contribution in [0.25, 0.3) is 0 Å².